The summed E-state index contributed by atoms with van der Waals surface area (Å²) in [5.74, 6) is -6.31. The summed E-state index contributed by atoms with van der Waals surface area (Å²) in [6, 6.07) is -3.20. The molecule has 4 N–H and O–H groups in total. The highest BCUT2D eigenvalue weighted by Crippen LogP contribution is 2.18. The van der Waals surface area contributed by atoms with E-state index in [1.54, 1.807) is 0 Å². The minimum absolute atomic E-state index is 0.0930. The van der Waals surface area contributed by atoms with Gasteiger partial charge < -0.3 is 20.6 Å². The smallest absolute Gasteiger partial charge is 0.326 e. The van der Waals surface area contributed by atoms with E-state index >= 15 is 0 Å². The number of hydrogen-bond donors (Lipinski definition) is 4. The van der Waals surface area contributed by atoms with Crippen LogP contribution in [0.2, 0.25) is 0 Å². The van der Waals surface area contributed by atoms with Gasteiger partial charge in [0.1, 0.15) is 12.1 Å². The van der Waals surface area contributed by atoms with Gasteiger partial charge in [-0.3, -0.25) is 28.9 Å². The Kier molecular flexibility index (Phi) is 35.7. The number of carboxylic acid groups (broad SMARTS) is 3. The Morgan fingerprint density at radius 2 is 0.895 bits per heavy atom. The lowest BCUT2D eigenvalue weighted by Crippen LogP contribution is -2.56. The fourth-order valence-electron chi connectivity index (χ4n) is 6.90. The van der Waals surface area contributed by atoms with Gasteiger partial charge in [-0.15, -0.1) is 0 Å². The zero-order valence-corrected chi connectivity index (χ0v) is 35.8. The van der Waals surface area contributed by atoms with Crippen LogP contribution in [-0.4, -0.2) is 67.9 Å². The molecule has 0 rings (SSSR count). The molecule has 11 nitrogen and oxygen atoms in total. The molecule has 0 aliphatic rings. The Labute approximate surface area is 344 Å². The summed E-state index contributed by atoms with van der Waals surface area (Å²) < 4.78 is 0. The second-order valence-corrected chi connectivity index (χ2v) is 15.6. The molecule has 57 heavy (non-hydrogen) atoms. The number of aliphatic carboxylic acids is 3. The molecule has 0 heterocycles. The average Bonchev–Trinajstić information content (AvgIpc) is 3.17. The summed E-state index contributed by atoms with van der Waals surface area (Å²) in [4.78, 5) is 76.1. The fourth-order valence-corrected chi connectivity index (χ4v) is 6.90. The summed E-state index contributed by atoms with van der Waals surface area (Å²) in [5.41, 5.74) is 0. The SMILES string of the molecule is CCCCC/C=C\C/C=C\CCCCCCCC(=O)N[C@@H](CCC(=O)O)C(=O)N(C(=O)CCCCCCCCCCCCCCCCC)[C@@H](CCC(=O)O)C(=O)O. The number of allylic oxidation sites excluding steroid dienone is 4. The standard InChI is InChI=1S/C46H80N2O9/c1-3-5-7-9-11-13-15-17-19-21-23-25-27-29-31-33-41(49)47-39(35-37-43(51)52)45(55)48(40(46(56)57)36-38-44(53)54)42(50)34-32-30-28-26-24-22-20-18-16-14-12-10-8-6-4-2/h11,13,17,19,39-40H,3-10,12,14-16,18,20-38H2,1-2H3,(H,47,49)(H,51,52)(H,53,54)(H,56,57)/b13-11-,19-17-/t39-,40-/m0/s1. The van der Waals surface area contributed by atoms with E-state index in [2.05, 4.69) is 43.5 Å². The van der Waals surface area contributed by atoms with Crippen LogP contribution in [0.25, 0.3) is 0 Å². The maximum absolute atomic E-state index is 13.9. The van der Waals surface area contributed by atoms with Gasteiger partial charge in [0.25, 0.3) is 5.91 Å². The van der Waals surface area contributed by atoms with Crippen LogP contribution in [0, 0.1) is 0 Å². The highest BCUT2D eigenvalue weighted by molar-refractivity contribution is 6.02. The van der Waals surface area contributed by atoms with Crippen LogP contribution in [-0.2, 0) is 28.8 Å². The Balaban J connectivity index is 5.01. The molecule has 328 valence electrons. The number of carbonyl (C=O) groups is 6. The molecule has 0 aliphatic heterocycles. The van der Waals surface area contributed by atoms with Gasteiger partial charge in [-0.05, 0) is 57.8 Å². The van der Waals surface area contributed by atoms with E-state index < -0.39 is 67.0 Å². The van der Waals surface area contributed by atoms with Crippen LogP contribution < -0.4 is 5.32 Å². The number of imide groups is 1. The van der Waals surface area contributed by atoms with Crippen LogP contribution in [0.1, 0.15) is 219 Å². The van der Waals surface area contributed by atoms with Gasteiger partial charge in [-0.2, -0.15) is 0 Å². The number of carboxylic acids is 3. The first-order valence-corrected chi connectivity index (χ1v) is 22.7. The van der Waals surface area contributed by atoms with Gasteiger partial charge in [0, 0.05) is 25.7 Å². The third-order valence-corrected chi connectivity index (χ3v) is 10.4. The Hall–Kier alpha value is -3.50. The fraction of sp³-hybridized carbons (Fsp3) is 0.783. The summed E-state index contributed by atoms with van der Waals surface area (Å²) in [7, 11) is 0. The van der Waals surface area contributed by atoms with Gasteiger partial charge in [0.2, 0.25) is 11.8 Å². The molecule has 0 aromatic heterocycles. The number of nitrogens with one attached hydrogen (secondary N) is 1. The minimum Gasteiger partial charge on any atom is -0.481 e. The van der Waals surface area contributed by atoms with Gasteiger partial charge in [0.15, 0.2) is 0 Å². The molecule has 0 spiro atoms. The number of amides is 3. The molecular weight excluding hydrogens is 725 g/mol. The van der Waals surface area contributed by atoms with Crippen LogP contribution in [0.15, 0.2) is 24.3 Å². The molecule has 11 heteroatoms. The molecule has 0 unspecified atom stereocenters. The minimum atomic E-state index is -1.76. The zero-order chi connectivity index (χ0) is 42.4. The topological polar surface area (TPSA) is 178 Å². The largest absolute Gasteiger partial charge is 0.481 e. The Morgan fingerprint density at radius 3 is 1.37 bits per heavy atom. The number of unbranched alkanes of at least 4 members (excludes halogenated alkanes) is 22. The quantitative estimate of drug-likeness (QED) is 0.0346. The highest BCUT2D eigenvalue weighted by Gasteiger charge is 2.38. The van der Waals surface area contributed by atoms with Crippen molar-refractivity contribution in [2.24, 2.45) is 0 Å². The van der Waals surface area contributed by atoms with Crippen molar-refractivity contribution in [1.29, 1.82) is 0 Å². The van der Waals surface area contributed by atoms with Crippen molar-refractivity contribution < 1.29 is 44.1 Å². The first kappa shape index (κ1) is 53.5. The number of rotatable bonds is 40. The molecule has 3 amide bonds. The monoisotopic (exact) mass is 805 g/mol. The van der Waals surface area contributed by atoms with Gasteiger partial charge >= 0.3 is 17.9 Å². The Morgan fingerprint density at radius 1 is 0.491 bits per heavy atom. The molecule has 2 atom stereocenters. The maximum Gasteiger partial charge on any atom is 0.326 e. The predicted molar refractivity (Wildman–Crippen MR) is 228 cm³/mol. The van der Waals surface area contributed by atoms with Crippen LogP contribution >= 0.6 is 0 Å². The zero-order valence-electron chi connectivity index (χ0n) is 35.8. The van der Waals surface area contributed by atoms with Gasteiger partial charge in [0.05, 0.1) is 0 Å². The third-order valence-electron chi connectivity index (χ3n) is 10.4. The molecule has 0 saturated carbocycles. The summed E-state index contributed by atoms with van der Waals surface area (Å²) >= 11 is 0. The normalized spacial score (nSPS) is 12.5. The number of hydrogen-bond acceptors (Lipinski definition) is 6. The summed E-state index contributed by atoms with van der Waals surface area (Å²) in [6.07, 6.45) is 35.0. The van der Waals surface area contributed by atoms with E-state index in [4.69, 9.17) is 0 Å². The van der Waals surface area contributed by atoms with E-state index in [1.165, 1.54) is 83.5 Å². The molecule has 0 fully saturated rings. The van der Waals surface area contributed by atoms with E-state index in [0.29, 0.717) is 24.2 Å². The molecule has 0 aromatic rings. The molecule has 0 bridgehead atoms. The number of carbonyl (C=O) groups excluding carboxylic acids is 3. The lowest BCUT2D eigenvalue weighted by Gasteiger charge is -2.31. The highest BCUT2D eigenvalue weighted by atomic mass is 16.4. The van der Waals surface area contributed by atoms with Crippen LogP contribution in [0.3, 0.4) is 0 Å². The second-order valence-electron chi connectivity index (χ2n) is 15.6. The molecule has 0 radical (unpaired) electrons. The van der Waals surface area contributed by atoms with E-state index in [0.717, 1.165) is 64.2 Å². The first-order valence-electron chi connectivity index (χ1n) is 22.7. The Bertz CT molecular complexity index is 1150. The average molecular weight is 805 g/mol. The van der Waals surface area contributed by atoms with Gasteiger partial charge in [-0.1, -0.05) is 160 Å². The van der Waals surface area contributed by atoms with E-state index in [9.17, 15) is 44.1 Å². The van der Waals surface area contributed by atoms with Crippen molar-refractivity contribution in [2.45, 2.75) is 231 Å². The van der Waals surface area contributed by atoms with Crippen LogP contribution in [0.5, 0.6) is 0 Å². The van der Waals surface area contributed by atoms with Crippen molar-refractivity contribution >= 4 is 35.6 Å². The molecular formula is C46H80N2O9. The van der Waals surface area contributed by atoms with Crippen LogP contribution in [0.4, 0.5) is 0 Å². The van der Waals surface area contributed by atoms with E-state index in [-0.39, 0.29) is 19.3 Å². The van der Waals surface area contributed by atoms with E-state index in [1.807, 2.05) is 0 Å². The van der Waals surface area contributed by atoms with Gasteiger partial charge in [-0.25, -0.2) is 4.79 Å². The third kappa shape index (κ3) is 32.2. The first-order chi connectivity index (χ1) is 27.5. The van der Waals surface area contributed by atoms with Crippen molar-refractivity contribution in [3.63, 3.8) is 0 Å². The van der Waals surface area contributed by atoms with Crippen molar-refractivity contribution in [1.82, 2.24) is 10.2 Å². The summed E-state index contributed by atoms with van der Waals surface area (Å²) in [6.45, 7) is 4.43. The molecule has 0 aromatic carbocycles. The van der Waals surface area contributed by atoms with Crippen molar-refractivity contribution in [3.05, 3.63) is 24.3 Å². The molecule has 0 saturated heterocycles. The maximum atomic E-state index is 13.9. The van der Waals surface area contributed by atoms with Crippen molar-refractivity contribution in [2.75, 3.05) is 0 Å². The lowest BCUT2D eigenvalue weighted by molar-refractivity contribution is -0.160. The van der Waals surface area contributed by atoms with Crippen molar-refractivity contribution in [3.8, 4) is 0 Å². The molecule has 0 aliphatic carbocycles. The second kappa shape index (κ2) is 38.0. The predicted octanol–water partition coefficient (Wildman–Crippen LogP) is 11.1. The lowest BCUT2D eigenvalue weighted by atomic mass is 10.0. The number of nitrogens with zero attached hydrogens (tertiary/aromatic N) is 1. The summed E-state index contributed by atoms with van der Waals surface area (Å²) in [5, 5.41) is 31.2.